The van der Waals surface area contributed by atoms with E-state index in [9.17, 15) is 4.39 Å². The van der Waals surface area contributed by atoms with Gasteiger partial charge in [-0.3, -0.25) is 5.84 Å². The first-order valence-corrected chi connectivity index (χ1v) is 6.74. The van der Waals surface area contributed by atoms with Gasteiger partial charge in [0.05, 0.1) is 17.7 Å². The summed E-state index contributed by atoms with van der Waals surface area (Å²) < 4.78 is 19.1. The summed E-state index contributed by atoms with van der Waals surface area (Å²) >= 11 is 6.04. The van der Waals surface area contributed by atoms with Crippen molar-refractivity contribution in [3.63, 3.8) is 0 Å². The molecule has 3 nitrogen and oxygen atoms in total. The number of halogens is 2. The average Bonchev–Trinajstić information content (AvgIpc) is 2.92. The molecular formula is C15H14ClFN2O. The molecule has 0 aromatic heterocycles. The van der Waals surface area contributed by atoms with Crippen molar-refractivity contribution in [3.05, 3.63) is 63.9 Å². The molecule has 0 aliphatic carbocycles. The van der Waals surface area contributed by atoms with Crippen molar-refractivity contribution < 1.29 is 9.13 Å². The summed E-state index contributed by atoms with van der Waals surface area (Å²) in [6, 6.07) is 10.2. The predicted octanol–water partition coefficient (Wildman–Crippen LogP) is 2.97. The zero-order chi connectivity index (χ0) is 14.1. The fourth-order valence-corrected chi connectivity index (χ4v) is 2.73. The van der Waals surface area contributed by atoms with E-state index in [-0.39, 0.29) is 11.1 Å². The Morgan fingerprint density at radius 1 is 1.30 bits per heavy atom. The molecule has 0 bridgehead atoms. The summed E-state index contributed by atoms with van der Waals surface area (Å²) in [6.07, 6.45) is 0.872. The fraction of sp³-hybridized carbons (Fsp3) is 0.200. The summed E-state index contributed by atoms with van der Waals surface area (Å²) in [5.74, 6) is 6.09. The van der Waals surface area contributed by atoms with Crippen molar-refractivity contribution >= 4 is 11.6 Å². The second-order valence-electron chi connectivity index (χ2n) is 4.71. The number of hydrazine groups is 1. The van der Waals surface area contributed by atoms with Crippen LogP contribution in [0, 0.1) is 5.82 Å². The van der Waals surface area contributed by atoms with Crippen molar-refractivity contribution in [2.45, 2.75) is 12.5 Å². The van der Waals surface area contributed by atoms with Gasteiger partial charge >= 0.3 is 0 Å². The van der Waals surface area contributed by atoms with Crippen molar-refractivity contribution in [2.75, 3.05) is 6.61 Å². The molecular weight excluding hydrogens is 279 g/mol. The van der Waals surface area contributed by atoms with Crippen molar-refractivity contribution in [2.24, 2.45) is 5.84 Å². The first kappa shape index (κ1) is 13.4. The number of rotatable bonds is 3. The lowest BCUT2D eigenvalue weighted by Crippen LogP contribution is -2.29. The highest BCUT2D eigenvalue weighted by Gasteiger charge is 2.20. The highest BCUT2D eigenvalue weighted by atomic mass is 35.5. The molecule has 0 fully saturated rings. The van der Waals surface area contributed by atoms with Crippen LogP contribution in [0.5, 0.6) is 5.75 Å². The van der Waals surface area contributed by atoms with Crippen molar-refractivity contribution in [3.8, 4) is 5.75 Å². The van der Waals surface area contributed by atoms with Gasteiger partial charge in [0, 0.05) is 6.42 Å². The molecule has 1 aliphatic heterocycles. The van der Waals surface area contributed by atoms with Gasteiger partial charge in [-0.05, 0) is 28.8 Å². The van der Waals surface area contributed by atoms with Crippen LogP contribution in [0.4, 0.5) is 4.39 Å². The molecule has 0 spiro atoms. The van der Waals surface area contributed by atoms with E-state index in [0.29, 0.717) is 12.2 Å². The normalized spacial score (nSPS) is 14.8. The van der Waals surface area contributed by atoms with Gasteiger partial charge in [-0.25, -0.2) is 9.82 Å². The second kappa shape index (κ2) is 5.40. The van der Waals surface area contributed by atoms with Gasteiger partial charge in [0.25, 0.3) is 0 Å². The van der Waals surface area contributed by atoms with Crippen molar-refractivity contribution in [1.29, 1.82) is 0 Å². The second-order valence-corrected chi connectivity index (χ2v) is 5.09. The standard InChI is InChI=1S/C15H14ClFN2O/c16-14-11(2-1-3-12(14)17)15(19-18)10-4-5-13-9(8-10)6-7-20-13/h1-5,8,15,19H,6-7,18H2. The lowest BCUT2D eigenvalue weighted by molar-refractivity contribution is 0.357. The van der Waals surface area contributed by atoms with Crippen LogP contribution in [0.15, 0.2) is 36.4 Å². The van der Waals surface area contributed by atoms with Crippen LogP contribution in [-0.4, -0.2) is 6.61 Å². The Bertz CT molecular complexity index is 648. The first-order valence-electron chi connectivity index (χ1n) is 6.36. The van der Waals surface area contributed by atoms with E-state index in [2.05, 4.69) is 5.43 Å². The van der Waals surface area contributed by atoms with E-state index >= 15 is 0 Å². The Morgan fingerprint density at radius 2 is 2.15 bits per heavy atom. The maximum absolute atomic E-state index is 13.6. The quantitative estimate of drug-likeness (QED) is 0.675. The number of hydrogen-bond acceptors (Lipinski definition) is 3. The molecule has 2 aromatic rings. The third-order valence-electron chi connectivity index (χ3n) is 3.51. The van der Waals surface area contributed by atoms with Crippen LogP contribution >= 0.6 is 11.6 Å². The van der Waals surface area contributed by atoms with E-state index in [1.807, 2.05) is 18.2 Å². The molecule has 0 radical (unpaired) electrons. The maximum Gasteiger partial charge on any atom is 0.142 e. The lowest BCUT2D eigenvalue weighted by Gasteiger charge is -2.19. The van der Waals surface area contributed by atoms with E-state index in [1.165, 1.54) is 6.07 Å². The Balaban J connectivity index is 2.03. The summed E-state index contributed by atoms with van der Waals surface area (Å²) in [5.41, 5.74) is 5.39. The SMILES string of the molecule is NNC(c1ccc2c(c1)CCO2)c1cccc(F)c1Cl. The predicted molar refractivity (Wildman–Crippen MR) is 76.2 cm³/mol. The number of ether oxygens (including phenoxy) is 1. The van der Waals surface area contributed by atoms with Gasteiger partial charge in [-0.2, -0.15) is 0 Å². The summed E-state index contributed by atoms with van der Waals surface area (Å²) in [5, 5.41) is 0.0900. The van der Waals surface area contributed by atoms with Gasteiger partial charge < -0.3 is 4.74 Å². The Labute approximate surface area is 121 Å². The van der Waals surface area contributed by atoms with Crippen LogP contribution < -0.4 is 16.0 Å². The minimum atomic E-state index is -0.450. The van der Waals surface area contributed by atoms with E-state index in [1.54, 1.807) is 12.1 Å². The lowest BCUT2D eigenvalue weighted by atomic mass is 9.97. The number of hydrogen-bond donors (Lipinski definition) is 2. The van der Waals surface area contributed by atoms with Gasteiger partial charge in [0.2, 0.25) is 0 Å². The van der Waals surface area contributed by atoms with Gasteiger partial charge in [-0.15, -0.1) is 0 Å². The Kier molecular flexibility index (Phi) is 3.61. The van der Waals surface area contributed by atoms with Gasteiger partial charge in [-0.1, -0.05) is 35.9 Å². The molecule has 1 atom stereocenters. The molecule has 1 unspecified atom stereocenters. The van der Waals surface area contributed by atoms with Crippen LogP contribution in [0.3, 0.4) is 0 Å². The van der Waals surface area contributed by atoms with Gasteiger partial charge in [0.1, 0.15) is 11.6 Å². The van der Waals surface area contributed by atoms with Crippen LogP contribution in [-0.2, 0) is 6.42 Å². The van der Waals surface area contributed by atoms with Crippen molar-refractivity contribution in [1.82, 2.24) is 5.43 Å². The zero-order valence-corrected chi connectivity index (χ0v) is 11.5. The third kappa shape index (κ3) is 2.26. The Morgan fingerprint density at radius 3 is 2.95 bits per heavy atom. The molecule has 20 heavy (non-hydrogen) atoms. The number of nitrogens with two attached hydrogens (primary N) is 1. The summed E-state index contributed by atoms with van der Waals surface area (Å²) in [6.45, 7) is 0.695. The molecule has 5 heteroatoms. The summed E-state index contributed by atoms with van der Waals surface area (Å²) in [7, 11) is 0. The molecule has 0 saturated carbocycles. The van der Waals surface area contributed by atoms with E-state index in [4.69, 9.17) is 22.2 Å². The van der Waals surface area contributed by atoms with E-state index < -0.39 is 5.82 Å². The molecule has 2 aromatic carbocycles. The topological polar surface area (TPSA) is 47.3 Å². The number of fused-ring (bicyclic) bond motifs is 1. The molecule has 104 valence electrons. The molecule has 3 N–H and O–H groups in total. The first-order chi connectivity index (χ1) is 9.70. The molecule has 1 heterocycles. The highest BCUT2D eigenvalue weighted by molar-refractivity contribution is 6.31. The molecule has 1 aliphatic rings. The summed E-state index contributed by atoms with van der Waals surface area (Å²) in [4.78, 5) is 0. The molecule has 3 rings (SSSR count). The van der Waals surface area contributed by atoms with Crippen LogP contribution in [0.2, 0.25) is 5.02 Å². The minimum absolute atomic E-state index is 0.0900. The van der Waals surface area contributed by atoms with E-state index in [0.717, 1.165) is 23.3 Å². The highest BCUT2D eigenvalue weighted by Crippen LogP contribution is 2.33. The monoisotopic (exact) mass is 292 g/mol. The zero-order valence-electron chi connectivity index (χ0n) is 10.7. The molecule has 0 saturated heterocycles. The Hall–Kier alpha value is -1.62. The third-order valence-corrected chi connectivity index (χ3v) is 3.90. The maximum atomic E-state index is 13.6. The molecule has 0 amide bonds. The number of nitrogens with one attached hydrogen (secondary N) is 1. The van der Waals surface area contributed by atoms with Crippen LogP contribution in [0.25, 0.3) is 0 Å². The minimum Gasteiger partial charge on any atom is -0.493 e. The number of benzene rings is 2. The smallest absolute Gasteiger partial charge is 0.142 e. The van der Waals surface area contributed by atoms with Gasteiger partial charge in [0.15, 0.2) is 0 Å². The average molecular weight is 293 g/mol. The fourth-order valence-electron chi connectivity index (χ4n) is 2.50. The largest absolute Gasteiger partial charge is 0.493 e. The van der Waals surface area contributed by atoms with Crippen LogP contribution in [0.1, 0.15) is 22.7 Å².